The maximum Gasteiger partial charge on any atom is 0.338 e. The molecule has 0 aliphatic heterocycles. The van der Waals surface area contributed by atoms with E-state index < -0.39 is 17.8 Å². The topological polar surface area (TPSA) is 52.6 Å². The second-order valence-corrected chi connectivity index (χ2v) is 3.15. The molecule has 0 radical (unpaired) electrons. The summed E-state index contributed by atoms with van der Waals surface area (Å²) in [5.74, 6) is -2.00. The molecular weight excluding hydrogens is 227 g/mol. The Kier molecular flexibility index (Phi) is 3.98. The van der Waals surface area contributed by atoms with Gasteiger partial charge < -0.3 is 9.47 Å². The number of ether oxygens (including phenoxy) is 2. The van der Waals surface area contributed by atoms with Gasteiger partial charge in [0.2, 0.25) is 0 Å². The highest BCUT2D eigenvalue weighted by atomic mass is 19.1. The van der Waals surface area contributed by atoms with Crippen molar-refractivity contribution in [1.29, 1.82) is 0 Å². The van der Waals surface area contributed by atoms with E-state index in [0.29, 0.717) is 0 Å². The van der Waals surface area contributed by atoms with Gasteiger partial charge in [-0.15, -0.1) is 0 Å². The first kappa shape index (κ1) is 12.9. The predicted octanol–water partition coefficient (Wildman–Crippen LogP) is 1.80. The number of benzene rings is 1. The highest BCUT2D eigenvalue weighted by Crippen LogP contribution is 2.21. The Labute approximate surface area is 97.6 Å². The van der Waals surface area contributed by atoms with Crippen molar-refractivity contribution >= 4 is 17.5 Å². The standard InChI is InChI=1S/C12H11FO4/c1-7(11(14)16-2)10-6-8(13)4-5-9(10)12(15)17-3/h4-6H,1H2,2-3H3. The lowest BCUT2D eigenvalue weighted by atomic mass is 10.0. The quantitative estimate of drug-likeness (QED) is 0.595. The second-order valence-electron chi connectivity index (χ2n) is 3.15. The van der Waals surface area contributed by atoms with Crippen LogP contribution in [0.15, 0.2) is 24.8 Å². The van der Waals surface area contributed by atoms with Crippen molar-refractivity contribution in [1.82, 2.24) is 0 Å². The molecule has 0 amide bonds. The summed E-state index contributed by atoms with van der Waals surface area (Å²) in [6.45, 7) is 3.47. The van der Waals surface area contributed by atoms with Crippen molar-refractivity contribution in [2.45, 2.75) is 0 Å². The van der Waals surface area contributed by atoms with Crippen LogP contribution >= 0.6 is 0 Å². The van der Waals surface area contributed by atoms with Gasteiger partial charge in [0.1, 0.15) is 5.82 Å². The molecule has 1 aromatic rings. The number of hydrogen-bond acceptors (Lipinski definition) is 4. The number of carbonyl (C=O) groups is 2. The fraction of sp³-hybridized carbons (Fsp3) is 0.167. The molecule has 0 aliphatic rings. The molecule has 1 aromatic carbocycles. The fourth-order valence-corrected chi connectivity index (χ4v) is 1.29. The minimum Gasteiger partial charge on any atom is -0.465 e. The zero-order valence-corrected chi connectivity index (χ0v) is 9.45. The van der Waals surface area contributed by atoms with E-state index in [-0.39, 0.29) is 16.7 Å². The molecule has 90 valence electrons. The smallest absolute Gasteiger partial charge is 0.338 e. The Morgan fingerprint density at radius 1 is 1.18 bits per heavy atom. The molecule has 0 fully saturated rings. The van der Waals surface area contributed by atoms with Crippen LogP contribution in [0.25, 0.3) is 5.57 Å². The van der Waals surface area contributed by atoms with Gasteiger partial charge in [0.15, 0.2) is 0 Å². The third-order valence-electron chi connectivity index (χ3n) is 2.14. The van der Waals surface area contributed by atoms with Gasteiger partial charge in [-0.25, -0.2) is 14.0 Å². The third kappa shape index (κ3) is 2.69. The zero-order chi connectivity index (χ0) is 13.0. The Balaban J connectivity index is 3.29. The van der Waals surface area contributed by atoms with E-state index in [1.54, 1.807) is 0 Å². The van der Waals surface area contributed by atoms with E-state index in [0.717, 1.165) is 12.1 Å². The molecule has 0 spiro atoms. The van der Waals surface area contributed by atoms with Gasteiger partial charge in [-0.05, 0) is 18.2 Å². The maximum absolute atomic E-state index is 13.1. The molecule has 0 aromatic heterocycles. The highest BCUT2D eigenvalue weighted by molar-refractivity contribution is 6.18. The minimum absolute atomic E-state index is 0.0590. The van der Waals surface area contributed by atoms with E-state index in [1.807, 2.05) is 0 Å². The Morgan fingerprint density at radius 2 is 1.82 bits per heavy atom. The van der Waals surface area contributed by atoms with Crippen LogP contribution in [0, 0.1) is 5.82 Å². The number of methoxy groups -OCH3 is 2. The van der Waals surface area contributed by atoms with Crippen LogP contribution < -0.4 is 0 Å². The third-order valence-corrected chi connectivity index (χ3v) is 2.14. The van der Waals surface area contributed by atoms with Crippen LogP contribution in [0.3, 0.4) is 0 Å². The molecule has 0 aliphatic carbocycles. The number of carbonyl (C=O) groups excluding carboxylic acids is 2. The Bertz CT molecular complexity index is 479. The van der Waals surface area contributed by atoms with Crippen molar-refractivity contribution in [2.24, 2.45) is 0 Å². The summed E-state index contributed by atoms with van der Waals surface area (Å²) in [6, 6.07) is 3.36. The van der Waals surface area contributed by atoms with Crippen molar-refractivity contribution in [2.75, 3.05) is 14.2 Å². The monoisotopic (exact) mass is 238 g/mol. The van der Waals surface area contributed by atoms with Crippen molar-refractivity contribution < 1.29 is 23.5 Å². The zero-order valence-electron chi connectivity index (χ0n) is 9.45. The summed E-state index contributed by atoms with van der Waals surface area (Å²) in [4.78, 5) is 22.7. The molecule has 0 heterocycles. The molecule has 17 heavy (non-hydrogen) atoms. The van der Waals surface area contributed by atoms with Crippen LogP contribution in [0.5, 0.6) is 0 Å². The molecule has 0 N–H and O–H groups in total. The molecule has 5 heteroatoms. The van der Waals surface area contributed by atoms with E-state index in [4.69, 9.17) is 0 Å². The van der Waals surface area contributed by atoms with Crippen molar-refractivity contribution in [3.05, 3.63) is 41.7 Å². The normalized spacial score (nSPS) is 9.59. The average Bonchev–Trinajstić information content (AvgIpc) is 2.35. The Morgan fingerprint density at radius 3 is 2.35 bits per heavy atom. The predicted molar refractivity (Wildman–Crippen MR) is 58.8 cm³/mol. The Hall–Kier alpha value is -2.17. The van der Waals surface area contributed by atoms with Crippen LogP contribution in [-0.4, -0.2) is 26.2 Å². The van der Waals surface area contributed by atoms with E-state index in [1.165, 1.54) is 20.3 Å². The van der Waals surface area contributed by atoms with Gasteiger partial charge in [0, 0.05) is 5.56 Å². The summed E-state index contributed by atoms with van der Waals surface area (Å²) >= 11 is 0. The average molecular weight is 238 g/mol. The highest BCUT2D eigenvalue weighted by Gasteiger charge is 2.19. The molecule has 0 unspecified atom stereocenters. The molecule has 1 rings (SSSR count). The maximum atomic E-state index is 13.1. The first-order valence-corrected chi connectivity index (χ1v) is 4.66. The van der Waals surface area contributed by atoms with Crippen molar-refractivity contribution in [3.8, 4) is 0 Å². The van der Waals surface area contributed by atoms with Crippen molar-refractivity contribution in [3.63, 3.8) is 0 Å². The molecule has 0 atom stereocenters. The van der Waals surface area contributed by atoms with E-state index in [2.05, 4.69) is 16.1 Å². The molecule has 4 nitrogen and oxygen atoms in total. The van der Waals surface area contributed by atoms with Gasteiger partial charge in [-0.3, -0.25) is 0 Å². The summed E-state index contributed by atoms with van der Waals surface area (Å²) in [6.07, 6.45) is 0. The lowest BCUT2D eigenvalue weighted by Gasteiger charge is -2.09. The van der Waals surface area contributed by atoms with E-state index in [9.17, 15) is 14.0 Å². The van der Waals surface area contributed by atoms with E-state index >= 15 is 0 Å². The molecule has 0 bridgehead atoms. The van der Waals surface area contributed by atoms with Crippen LogP contribution in [0.2, 0.25) is 0 Å². The largest absolute Gasteiger partial charge is 0.465 e. The number of hydrogen-bond donors (Lipinski definition) is 0. The second kappa shape index (κ2) is 5.25. The molecular formula is C12H11FO4. The lowest BCUT2D eigenvalue weighted by molar-refractivity contribution is -0.133. The van der Waals surface area contributed by atoms with Gasteiger partial charge in [-0.1, -0.05) is 6.58 Å². The first-order chi connectivity index (χ1) is 8.01. The van der Waals surface area contributed by atoms with Crippen LogP contribution in [0.1, 0.15) is 15.9 Å². The molecule has 0 saturated carbocycles. The fourth-order valence-electron chi connectivity index (χ4n) is 1.29. The lowest BCUT2D eigenvalue weighted by Crippen LogP contribution is -2.10. The van der Waals surface area contributed by atoms with Crippen LogP contribution in [-0.2, 0) is 14.3 Å². The number of rotatable bonds is 3. The van der Waals surface area contributed by atoms with Gasteiger partial charge in [-0.2, -0.15) is 0 Å². The molecule has 0 saturated heterocycles. The van der Waals surface area contributed by atoms with Gasteiger partial charge in [0.25, 0.3) is 0 Å². The minimum atomic E-state index is -0.735. The first-order valence-electron chi connectivity index (χ1n) is 4.66. The summed E-state index contributed by atoms with van der Waals surface area (Å²) in [5, 5.41) is 0. The number of esters is 2. The summed E-state index contributed by atoms with van der Waals surface area (Å²) < 4.78 is 22.1. The SMILES string of the molecule is C=C(C(=O)OC)c1cc(F)ccc1C(=O)OC. The number of halogens is 1. The summed E-state index contributed by atoms with van der Waals surface area (Å²) in [7, 11) is 2.36. The van der Waals surface area contributed by atoms with Crippen LogP contribution in [0.4, 0.5) is 4.39 Å². The van der Waals surface area contributed by atoms with Gasteiger partial charge in [0.05, 0.1) is 25.4 Å². The van der Waals surface area contributed by atoms with Gasteiger partial charge >= 0.3 is 11.9 Å². The summed E-state index contributed by atoms with van der Waals surface area (Å²) in [5.41, 5.74) is 0.0143.